The van der Waals surface area contributed by atoms with Crippen LogP contribution in [0.15, 0.2) is 0 Å². The zero-order chi connectivity index (χ0) is 23.1. The minimum absolute atomic E-state index is 0.0353. The Morgan fingerprint density at radius 3 is 2.75 bits per heavy atom. The second-order valence-electron chi connectivity index (χ2n) is 9.87. The molecule has 0 saturated carbocycles. The number of fused-ring (bicyclic) bond motifs is 1. The lowest BCUT2D eigenvalue weighted by Gasteiger charge is -2.32. The Balaban J connectivity index is 1.45. The smallest absolute Gasteiger partial charge is 0.407 e. The second-order valence-corrected chi connectivity index (χ2v) is 11.0. The van der Waals surface area contributed by atoms with Crippen LogP contribution >= 0.6 is 11.3 Å². The van der Waals surface area contributed by atoms with Gasteiger partial charge < -0.3 is 20.3 Å². The van der Waals surface area contributed by atoms with Gasteiger partial charge in [0.2, 0.25) is 5.91 Å². The SMILES string of the molecule is CC(C)(C)OC(=O)NCC1CCCN(CCC(=O)Nc2sc3c(c2C#N)CCCCC3)C1. The number of hydrogen-bond acceptors (Lipinski definition) is 6. The van der Waals surface area contributed by atoms with E-state index in [1.54, 1.807) is 11.3 Å². The molecule has 3 rings (SSSR count). The molecule has 1 aromatic heterocycles. The normalized spacial score (nSPS) is 19.4. The van der Waals surface area contributed by atoms with Crippen molar-refractivity contribution in [3.63, 3.8) is 0 Å². The number of piperidine rings is 1. The van der Waals surface area contributed by atoms with Gasteiger partial charge in [-0.25, -0.2) is 4.79 Å². The number of carbonyl (C=O) groups is 2. The summed E-state index contributed by atoms with van der Waals surface area (Å²) in [5.41, 5.74) is 1.33. The van der Waals surface area contributed by atoms with Crippen LogP contribution in [0.4, 0.5) is 9.80 Å². The molecule has 1 aliphatic heterocycles. The Morgan fingerprint density at radius 2 is 2.00 bits per heavy atom. The Kier molecular flexibility index (Phi) is 8.55. The molecular weight excluding hydrogens is 424 g/mol. The summed E-state index contributed by atoms with van der Waals surface area (Å²) < 4.78 is 5.31. The number of ether oxygens (including phenoxy) is 1. The third kappa shape index (κ3) is 7.21. The number of rotatable bonds is 6. The number of carbonyl (C=O) groups excluding carboxylic acids is 2. The number of amides is 2. The number of likely N-dealkylation sites (tertiary alicyclic amines) is 1. The zero-order valence-corrected chi connectivity index (χ0v) is 20.4. The highest BCUT2D eigenvalue weighted by molar-refractivity contribution is 7.16. The Hall–Kier alpha value is -2.11. The maximum absolute atomic E-state index is 12.6. The molecule has 2 amide bonds. The maximum atomic E-state index is 12.6. The van der Waals surface area contributed by atoms with Crippen LogP contribution in [0.5, 0.6) is 0 Å². The van der Waals surface area contributed by atoms with E-state index in [4.69, 9.17) is 4.74 Å². The maximum Gasteiger partial charge on any atom is 0.407 e. The van der Waals surface area contributed by atoms with Gasteiger partial charge >= 0.3 is 6.09 Å². The number of nitrogens with one attached hydrogen (secondary N) is 2. The number of anilines is 1. The molecule has 32 heavy (non-hydrogen) atoms. The summed E-state index contributed by atoms with van der Waals surface area (Å²) in [5, 5.41) is 16.2. The van der Waals surface area contributed by atoms with Gasteiger partial charge in [-0.3, -0.25) is 4.79 Å². The summed E-state index contributed by atoms with van der Waals surface area (Å²) in [6.45, 7) is 8.66. The van der Waals surface area contributed by atoms with Crippen molar-refractivity contribution >= 4 is 28.3 Å². The minimum Gasteiger partial charge on any atom is -0.444 e. The van der Waals surface area contributed by atoms with Crippen LogP contribution in [0.2, 0.25) is 0 Å². The molecule has 2 aliphatic rings. The summed E-state index contributed by atoms with van der Waals surface area (Å²) >= 11 is 1.58. The molecule has 1 saturated heterocycles. The van der Waals surface area contributed by atoms with E-state index in [0.29, 0.717) is 31.0 Å². The van der Waals surface area contributed by atoms with Crippen LogP contribution in [0.25, 0.3) is 0 Å². The summed E-state index contributed by atoms with van der Waals surface area (Å²) in [6.07, 6.45) is 7.57. The van der Waals surface area contributed by atoms with Gasteiger partial charge in [0, 0.05) is 30.9 Å². The molecule has 0 spiro atoms. The number of nitrogens with zero attached hydrogens (tertiary/aromatic N) is 2. The molecule has 0 radical (unpaired) electrons. The van der Waals surface area contributed by atoms with Gasteiger partial charge in [-0.15, -0.1) is 11.3 Å². The van der Waals surface area contributed by atoms with Gasteiger partial charge in [0.05, 0.1) is 5.56 Å². The number of aryl methyl sites for hydroxylation is 1. The molecule has 0 bridgehead atoms. The van der Waals surface area contributed by atoms with E-state index in [0.717, 1.165) is 62.2 Å². The number of alkyl carbamates (subject to hydrolysis) is 1. The lowest BCUT2D eigenvalue weighted by Crippen LogP contribution is -2.42. The first-order valence-electron chi connectivity index (χ1n) is 11.8. The second kappa shape index (κ2) is 11.2. The van der Waals surface area contributed by atoms with E-state index in [-0.39, 0.29) is 12.0 Å². The third-order valence-corrected chi connectivity index (χ3v) is 7.19. The van der Waals surface area contributed by atoms with Crippen LogP contribution in [-0.2, 0) is 22.4 Å². The van der Waals surface area contributed by atoms with Crippen LogP contribution in [-0.4, -0.2) is 48.7 Å². The summed E-state index contributed by atoms with van der Waals surface area (Å²) in [6, 6.07) is 2.33. The quantitative estimate of drug-likeness (QED) is 0.612. The van der Waals surface area contributed by atoms with E-state index < -0.39 is 5.60 Å². The van der Waals surface area contributed by atoms with Gasteiger partial charge in [0.1, 0.15) is 16.7 Å². The van der Waals surface area contributed by atoms with Crippen molar-refractivity contribution in [2.45, 2.75) is 77.7 Å². The molecule has 1 atom stereocenters. The van der Waals surface area contributed by atoms with Crippen molar-refractivity contribution in [2.24, 2.45) is 5.92 Å². The molecule has 1 fully saturated rings. The monoisotopic (exact) mass is 460 g/mol. The minimum atomic E-state index is -0.498. The van der Waals surface area contributed by atoms with Crippen LogP contribution in [0.1, 0.15) is 75.3 Å². The van der Waals surface area contributed by atoms with Crippen molar-refractivity contribution in [2.75, 3.05) is 31.5 Å². The zero-order valence-electron chi connectivity index (χ0n) is 19.6. The van der Waals surface area contributed by atoms with E-state index in [1.165, 1.54) is 11.3 Å². The first kappa shape index (κ1) is 24.5. The molecule has 176 valence electrons. The first-order valence-corrected chi connectivity index (χ1v) is 12.6. The fourth-order valence-electron chi connectivity index (χ4n) is 4.46. The standard InChI is InChI=1S/C24H36N4O3S/c1-24(2,3)31-23(30)26-15-17-8-7-12-28(16-17)13-11-21(29)27-22-19(14-25)18-9-5-4-6-10-20(18)32-22/h17H,4-13,15-16H2,1-3H3,(H,26,30)(H,27,29). The topological polar surface area (TPSA) is 94.5 Å². The van der Waals surface area contributed by atoms with Crippen LogP contribution in [0, 0.1) is 17.2 Å². The van der Waals surface area contributed by atoms with Crippen molar-refractivity contribution in [3.8, 4) is 6.07 Å². The predicted octanol–water partition coefficient (Wildman–Crippen LogP) is 4.45. The Morgan fingerprint density at radius 1 is 1.22 bits per heavy atom. The Bertz CT molecular complexity index is 853. The number of hydrogen-bond donors (Lipinski definition) is 2. The third-order valence-electron chi connectivity index (χ3n) is 5.98. The van der Waals surface area contributed by atoms with Gasteiger partial charge in [-0.1, -0.05) is 6.42 Å². The van der Waals surface area contributed by atoms with E-state index >= 15 is 0 Å². The Labute approximate surface area is 195 Å². The molecule has 1 aliphatic carbocycles. The lowest BCUT2D eigenvalue weighted by molar-refractivity contribution is -0.116. The summed E-state index contributed by atoms with van der Waals surface area (Å²) in [7, 11) is 0. The summed E-state index contributed by atoms with van der Waals surface area (Å²) in [5.74, 6) is 0.324. The molecule has 0 aromatic carbocycles. The highest BCUT2D eigenvalue weighted by atomic mass is 32.1. The predicted molar refractivity (Wildman–Crippen MR) is 127 cm³/mol. The van der Waals surface area contributed by atoms with Crippen LogP contribution in [0.3, 0.4) is 0 Å². The molecule has 2 heterocycles. The first-order chi connectivity index (χ1) is 15.2. The fourth-order valence-corrected chi connectivity index (χ4v) is 5.72. The lowest BCUT2D eigenvalue weighted by atomic mass is 9.98. The van der Waals surface area contributed by atoms with Gasteiger partial charge in [-0.05, 0) is 77.3 Å². The number of thiophene rings is 1. The fraction of sp³-hybridized carbons (Fsp3) is 0.708. The molecule has 1 unspecified atom stereocenters. The largest absolute Gasteiger partial charge is 0.444 e. The van der Waals surface area contributed by atoms with Crippen LogP contribution < -0.4 is 10.6 Å². The van der Waals surface area contributed by atoms with E-state index in [9.17, 15) is 14.9 Å². The molecule has 2 N–H and O–H groups in total. The molecule has 7 nitrogen and oxygen atoms in total. The molecule has 8 heteroatoms. The van der Waals surface area contributed by atoms with Gasteiger partial charge in [-0.2, -0.15) is 5.26 Å². The molecule has 1 aromatic rings. The number of nitriles is 1. The highest BCUT2D eigenvalue weighted by Gasteiger charge is 2.24. The summed E-state index contributed by atoms with van der Waals surface area (Å²) in [4.78, 5) is 28.1. The average Bonchev–Trinajstić information content (AvgIpc) is 2.89. The highest BCUT2D eigenvalue weighted by Crippen LogP contribution is 2.37. The van der Waals surface area contributed by atoms with E-state index in [1.807, 2.05) is 20.8 Å². The van der Waals surface area contributed by atoms with Crippen molar-refractivity contribution in [1.29, 1.82) is 5.26 Å². The van der Waals surface area contributed by atoms with Crippen molar-refractivity contribution in [3.05, 3.63) is 16.0 Å². The average molecular weight is 461 g/mol. The van der Waals surface area contributed by atoms with Crippen molar-refractivity contribution in [1.82, 2.24) is 10.2 Å². The van der Waals surface area contributed by atoms with Gasteiger partial charge in [0.25, 0.3) is 0 Å². The van der Waals surface area contributed by atoms with E-state index in [2.05, 4.69) is 21.6 Å². The van der Waals surface area contributed by atoms with Gasteiger partial charge in [0.15, 0.2) is 0 Å². The van der Waals surface area contributed by atoms with Crippen molar-refractivity contribution < 1.29 is 14.3 Å². The molecular formula is C24H36N4O3S.